The van der Waals surface area contributed by atoms with E-state index in [1.54, 1.807) is 24.7 Å². The molecule has 0 bridgehead atoms. The highest BCUT2D eigenvalue weighted by atomic mass is 32.2. The van der Waals surface area contributed by atoms with E-state index in [2.05, 4.69) is 5.32 Å². The maximum atomic E-state index is 13.6. The number of furan rings is 1. The first-order valence-corrected chi connectivity index (χ1v) is 13.7. The highest BCUT2D eigenvalue weighted by Gasteiger charge is 2.52. The molecule has 11 nitrogen and oxygen atoms in total. The SMILES string of the molecule is COCCN1CCC(C(=O)NO)(S(=O)(=O)c2ccc(OCCNC(=O)c3cc4ccccc4o3)cc2)CC1. The minimum atomic E-state index is -4.13. The van der Waals surface area contributed by atoms with Gasteiger partial charge in [-0.15, -0.1) is 0 Å². The van der Waals surface area contributed by atoms with Gasteiger partial charge in [0.05, 0.1) is 18.0 Å². The minimum Gasteiger partial charge on any atom is -0.492 e. The van der Waals surface area contributed by atoms with Gasteiger partial charge in [0.2, 0.25) is 0 Å². The monoisotopic (exact) mass is 545 g/mol. The lowest BCUT2D eigenvalue weighted by Crippen LogP contribution is -2.57. The minimum absolute atomic E-state index is 0.0363. The maximum Gasteiger partial charge on any atom is 0.287 e. The summed E-state index contributed by atoms with van der Waals surface area (Å²) in [5.41, 5.74) is 2.18. The molecule has 1 aliphatic rings. The number of methoxy groups -OCH3 is 1. The van der Waals surface area contributed by atoms with Crippen LogP contribution in [0.2, 0.25) is 0 Å². The third-order valence-corrected chi connectivity index (χ3v) is 9.26. The highest BCUT2D eigenvalue weighted by Crippen LogP contribution is 2.36. The first-order valence-electron chi connectivity index (χ1n) is 12.2. The second-order valence-electron chi connectivity index (χ2n) is 9.00. The van der Waals surface area contributed by atoms with Crippen molar-refractivity contribution in [3.63, 3.8) is 0 Å². The third kappa shape index (κ3) is 5.68. The number of para-hydroxylation sites is 1. The van der Waals surface area contributed by atoms with Crippen molar-refractivity contribution >= 4 is 32.6 Å². The van der Waals surface area contributed by atoms with Gasteiger partial charge in [-0.05, 0) is 49.2 Å². The molecule has 0 saturated carbocycles. The predicted octanol–water partition coefficient (Wildman–Crippen LogP) is 2.00. The van der Waals surface area contributed by atoms with E-state index in [1.165, 1.54) is 24.3 Å². The second kappa shape index (κ2) is 11.9. The number of piperidine rings is 1. The smallest absolute Gasteiger partial charge is 0.287 e. The van der Waals surface area contributed by atoms with Gasteiger partial charge in [-0.1, -0.05) is 18.2 Å². The fraction of sp³-hybridized carbons (Fsp3) is 0.385. The Balaban J connectivity index is 1.35. The average Bonchev–Trinajstić information content (AvgIpc) is 3.39. The molecule has 2 aromatic carbocycles. The van der Waals surface area contributed by atoms with Crippen LogP contribution in [0.15, 0.2) is 63.9 Å². The Morgan fingerprint density at radius 3 is 2.45 bits per heavy atom. The number of rotatable bonds is 11. The van der Waals surface area contributed by atoms with Crippen LogP contribution in [0.1, 0.15) is 23.4 Å². The molecule has 1 fully saturated rings. The van der Waals surface area contributed by atoms with E-state index in [0.717, 1.165) is 5.39 Å². The summed E-state index contributed by atoms with van der Waals surface area (Å²) < 4.78 is 41.6. The molecule has 3 aromatic rings. The fourth-order valence-electron chi connectivity index (χ4n) is 4.53. The van der Waals surface area contributed by atoms with Crippen LogP contribution in [-0.2, 0) is 19.4 Å². The topological polar surface area (TPSA) is 147 Å². The summed E-state index contributed by atoms with van der Waals surface area (Å²) in [4.78, 5) is 26.9. The molecule has 3 N–H and O–H groups in total. The Bertz CT molecular complexity index is 1330. The van der Waals surface area contributed by atoms with Crippen LogP contribution >= 0.6 is 0 Å². The van der Waals surface area contributed by atoms with Crippen molar-refractivity contribution in [2.75, 3.05) is 46.5 Å². The fourth-order valence-corrected chi connectivity index (χ4v) is 6.49. The number of hydroxylamine groups is 1. The van der Waals surface area contributed by atoms with Crippen LogP contribution in [0, 0.1) is 0 Å². The van der Waals surface area contributed by atoms with Crippen LogP contribution in [-0.4, -0.2) is 81.6 Å². The first-order chi connectivity index (χ1) is 18.3. The second-order valence-corrected chi connectivity index (χ2v) is 11.3. The molecule has 0 spiro atoms. The zero-order chi connectivity index (χ0) is 27.2. The van der Waals surface area contributed by atoms with Crippen LogP contribution in [0.4, 0.5) is 0 Å². The summed E-state index contributed by atoms with van der Waals surface area (Å²) in [6, 6.07) is 14.7. The maximum absolute atomic E-state index is 13.6. The van der Waals surface area contributed by atoms with Crippen molar-refractivity contribution in [3.8, 4) is 5.75 Å². The molecule has 204 valence electrons. The molecule has 38 heavy (non-hydrogen) atoms. The molecule has 1 aliphatic heterocycles. The Kier molecular flexibility index (Phi) is 8.67. The predicted molar refractivity (Wildman–Crippen MR) is 138 cm³/mol. The molecular formula is C26H31N3O8S. The first kappa shape index (κ1) is 27.6. The Hall–Kier alpha value is -3.45. The molecule has 0 radical (unpaired) electrons. The molecule has 2 amide bonds. The summed E-state index contributed by atoms with van der Waals surface area (Å²) in [7, 11) is -2.54. The molecule has 1 saturated heterocycles. The zero-order valence-electron chi connectivity index (χ0n) is 21.0. The van der Waals surface area contributed by atoms with Gasteiger partial charge in [0.15, 0.2) is 20.3 Å². The Morgan fingerprint density at radius 1 is 1.08 bits per heavy atom. The number of hydrogen-bond donors (Lipinski definition) is 3. The number of ether oxygens (including phenoxy) is 2. The number of hydrogen-bond acceptors (Lipinski definition) is 9. The molecule has 1 aromatic heterocycles. The lowest BCUT2D eigenvalue weighted by atomic mass is 9.95. The average molecular weight is 546 g/mol. The number of benzene rings is 2. The van der Waals surface area contributed by atoms with E-state index in [9.17, 15) is 23.2 Å². The van der Waals surface area contributed by atoms with Crippen molar-refractivity contribution in [2.24, 2.45) is 0 Å². The number of fused-ring (bicyclic) bond motifs is 1. The van der Waals surface area contributed by atoms with Crippen molar-refractivity contribution in [1.82, 2.24) is 15.7 Å². The van der Waals surface area contributed by atoms with Crippen molar-refractivity contribution in [3.05, 3.63) is 60.4 Å². The Morgan fingerprint density at radius 2 is 1.79 bits per heavy atom. The zero-order valence-corrected chi connectivity index (χ0v) is 21.8. The number of sulfone groups is 1. The largest absolute Gasteiger partial charge is 0.492 e. The van der Waals surface area contributed by atoms with Gasteiger partial charge in [0.1, 0.15) is 17.9 Å². The standard InChI is InChI=1S/C26H31N3O8S/c1-35-17-15-29-13-10-26(11-14-29,25(31)28-32)38(33,34)21-8-6-20(7-9-21)36-16-12-27-24(30)23-18-19-4-2-3-5-22(19)37-23/h2-9,18,32H,10-17H2,1H3,(H,27,30)(H,28,31). The number of amides is 2. The number of nitrogens with one attached hydrogen (secondary N) is 2. The summed E-state index contributed by atoms with van der Waals surface area (Å²) >= 11 is 0. The van der Waals surface area contributed by atoms with Gasteiger partial charge in [-0.3, -0.25) is 14.8 Å². The number of likely N-dealkylation sites (tertiary alicyclic amines) is 1. The van der Waals surface area contributed by atoms with Gasteiger partial charge < -0.3 is 24.1 Å². The quantitative estimate of drug-likeness (QED) is 0.187. The van der Waals surface area contributed by atoms with Gasteiger partial charge in [0, 0.05) is 32.1 Å². The van der Waals surface area contributed by atoms with Crippen LogP contribution in [0.5, 0.6) is 5.75 Å². The molecule has 12 heteroatoms. The molecule has 0 atom stereocenters. The summed E-state index contributed by atoms with van der Waals surface area (Å²) in [6.07, 6.45) is 0.0727. The highest BCUT2D eigenvalue weighted by molar-refractivity contribution is 7.93. The molecule has 4 rings (SSSR count). The lowest BCUT2D eigenvalue weighted by molar-refractivity contribution is -0.133. The number of carbonyl (C=O) groups is 2. The van der Waals surface area contributed by atoms with Gasteiger partial charge in [0.25, 0.3) is 11.8 Å². The van der Waals surface area contributed by atoms with E-state index < -0.39 is 20.5 Å². The Labute approximate surface area is 220 Å². The van der Waals surface area contributed by atoms with Crippen molar-refractivity contribution in [1.29, 1.82) is 0 Å². The molecular weight excluding hydrogens is 514 g/mol. The lowest BCUT2D eigenvalue weighted by Gasteiger charge is -2.39. The summed E-state index contributed by atoms with van der Waals surface area (Å²) in [6.45, 7) is 2.21. The normalized spacial score (nSPS) is 15.7. The van der Waals surface area contributed by atoms with Gasteiger partial charge in [-0.25, -0.2) is 13.9 Å². The number of nitrogens with zero attached hydrogens (tertiary/aromatic N) is 1. The number of carbonyl (C=O) groups excluding carboxylic acids is 2. The van der Waals surface area contributed by atoms with Crippen LogP contribution in [0.25, 0.3) is 11.0 Å². The van der Waals surface area contributed by atoms with Crippen LogP contribution < -0.4 is 15.5 Å². The van der Waals surface area contributed by atoms with E-state index in [-0.39, 0.29) is 42.6 Å². The van der Waals surface area contributed by atoms with Crippen molar-refractivity contribution in [2.45, 2.75) is 22.5 Å². The summed E-state index contributed by atoms with van der Waals surface area (Å²) in [5, 5.41) is 12.9. The van der Waals surface area contributed by atoms with E-state index in [1.807, 2.05) is 23.1 Å². The van der Waals surface area contributed by atoms with E-state index in [0.29, 0.717) is 37.6 Å². The van der Waals surface area contributed by atoms with Gasteiger partial charge >= 0.3 is 0 Å². The molecule has 2 heterocycles. The van der Waals surface area contributed by atoms with Gasteiger partial charge in [-0.2, -0.15) is 0 Å². The summed E-state index contributed by atoms with van der Waals surface area (Å²) in [5.74, 6) is -0.709. The van der Waals surface area contributed by atoms with Crippen molar-refractivity contribution < 1.29 is 37.1 Å². The van der Waals surface area contributed by atoms with E-state index in [4.69, 9.17) is 13.9 Å². The van der Waals surface area contributed by atoms with E-state index >= 15 is 0 Å². The third-order valence-electron chi connectivity index (χ3n) is 6.74. The van der Waals surface area contributed by atoms with Crippen LogP contribution in [0.3, 0.4) is 0 Å². The molecule has 0 aliphatic carbocycles. The molecule has 0 unspecified atom stereocenters.